The van der Waals surface area contributed by atoms with E-state index in [9.17, 15) is 4.39 Å². The van der Waals surface area contributed by atoms with E-state index in [2.05, 4.69) is 25.1 Å². The van der Waals surface area contributed by atoms with Crippen LogP contribution in [0.4, 0.5) is 19.0 Å². The van der Waals surface area contributed by atoms with Gasteiger partial charge in [0.15, 0.2) is 5.82 Å². The lowest BCUT2D eigenvalue weighted by molar-refractivity contribution is 0.108. The van der Waals surface area contributed by atoms with Crippen molar-refractivity contribution in [2.75, 3.05) is 37.7 Å². The standard InChI is InChI=1S/C30H30ClF3N6O/c31-25-20(32)5-6-22-24(25)19(12-35-22)23-21(33)11-18-27(26(23)34)37-29(41-15-30-7-1-9-40(30)10-2-8-30)38-28(18)39-13-16-3-4-17(14-39)36-16/h5-6,11-12,16-17,35-36H,1-4,7-10,13-15H2. The smallest absolute Gasteiger partial charge is 0.319 e. The van der Waals surface area contributed by atoms with Crippen LogP contribution < -0.4 is 15.0 Å². The normalized spacial score (nSPS) is 23.7. The van der Waals surface area contributed by atoms with Crippen molar-refractivity contribution in [3.05, 3.63) is 46.9 Å². The van der Waals surface area contributed by atoms with Gasteiger partial charge in [-0.15, -0.1) is 0 Å². The highest BCUT2D eigenvalue weighted by Crippen LogP contribution is 2.42. The van der Waals surface area contributed by atoms with Crippen molar-refractivity contribution in [1.82, 2.24) is 25.2 Å². The average Bonchev–Trinajstić information content (AvgIpc) is 3.73. The van der Waals surface area contributed by atoms with Gasteiger partial charge in [0, 0.05) is 53.2 Å². The number of fused-ring (bicyclic) bond motifs is 5. The average molecular weight is 583 g/mol. The number of rotatable bonds is 5. The number of anilines is 1. The van der Waals surface area contributed by atoms with Crippen LogP contribution in [0.25, 0.3) is 32.9 Å². The summed E-state index contributed by atoms with van der Waals surface area (Å²) < 4.78 is 53.1. The van der Waals surface area contributed by atoms with Crippen molar-refractivity contribution in [2.45, 2.75) is 56.1 Å². The molecule has 2 atom stereocenters. The zero-order valence-electron chi connectivity index (χ0n) is 22.5. The number of halogens is 4. The summed E-state index contributed by atoms with van der Waals surface area (Å²) in [5, 5.41) is 3.91. The van der Waals surface area contributed by atoms with Crippen LogP contribution in [0, 0.1) is 17.5 Å². The molecule has 4 fully saturated rings. The first kappa shape index (κ1) is 25.6. The summed E-state index contributed by atoms with van der Waals surface area (Å²) in [6.07, 6.45) is 7.91. The van der Waals surface area contributed by atoms with Gasteiger partial charge in [0.1, 0.15) is 29.6 Å². The topological polar surface area (TPSA) is 69.3 Å². The largest absolute Gasteiger partial charge is 0.461 e. The minimum absolute atomic E-state index is 0.0265. The molecular weight excluding hydrogens is 553 g/mol. The van der Waals surface area contributed by atoms with Crippen molar-refractivity contribution >= 4 is 39.2 Å². The number of ether oxygens (including phenoxy) is 1. The Bertz CT molecular complexity index is 1670. The van der Waals surface area contributed by atoms with E-state index < -0.39 is 17.5 Å². The Balaban J connectivity index is 1.27. The van der Waals surface area contributed by atoms with Gasteiger partial charge >= 0.3 is 6.01 Å². The van der Waals surface area contributed by atoms with Gasteiger partial charge in [-0.3, -0.25) is 4.90 Å². The molecule has 2 unspecified atom stereocenters. The summed E-state index contributed by atoms with van der Waals surface area (Å²) in [6, 6.07) is 4.69. The maximum Gasteiger partial charge on any atom is 0.319 e. The zero-order chi connectivity index (χ0) is 27.9. The fourth-order valence-electron chi connectivity index (χ4n) is 7.70. The second kappa shape index (κ2) is 9.47. The predicted octanol–water partition coefficient (Wildman–Crippen LogP) is 5.80. The molecule has 0 aliphatic carbocycles. The van der Waals surface area contributed by atoms with Crippen molar-refractivity contribution in [3.8, 4) is 17.1 Å². The maximum atomic E-state index is 16.5. The highest BCUT2D eigenvalue weighted by Gasteiger charge is 2.45. The molecule has 2 aromatic heterocycles. The number of aromatic nitrogens is 3. The van der Waals surface area contributed by atoms with Gasteiger partial charge in [-0.2, -0.15) is 9.97 Å². The molecule has 2 N–H and O–H groups in total. The van der Waals surface area contributed by atoms with Gasteiger partial charge in [-0.05, 0) is 69.8 Å². The van der Waals surface area contributed by atoms with Gasteiger partial charge in [0.05, 0.1) is 16.1 Å². The van der Waals surface area contributed by atoms with Crippen molar-refractivity contribution in [3.63, 3.8) is 0 Å². The summed E-state index contributed by atoms with van der Waals surface area (Å²) in [4.78, 5) is 16.9. The number of nitrogens with zero attached hydrogens (tertiary/aromatic N) is 4. The van der Waals surface area contributed by atoms with Gasteiger partial charge in [-0.1, -0.05) is 11.6 Å². The Hall–Kier alpha value is -3.08. The fourth-order valence-corrected chi connectivity index (χ4v) is 7.96. The van der Waals surface area contributed by atoms with E-state index in [1.54, 1.807) is 0 Å². The summed E-state index contributed by atoms with van der Waals surface area (Å²) in [6.45, 7) is 3.91. The highest BCUT2D eigenvalue weighted by molar-refractivity contribution is 6.36. The Morgan fingerprint density at radius 2 is 1.78 bits per heavy atom. The third kappa shape index (κ3) is 4.01. The minimum Gasteiger partial charge on any atom is -0.461 e. The molecule has 214 valence electrons. The third-order valence-electron chi connectivity index (χ3n) is 9.64. The number of hydrogen-bond acceptors (Lipinski definition) is 6. The van der Waals surface area contributed by atoms with Crippen molar-refractivity contribution in [1.29, 1.82) is 0 Å². The highest BCUT2D eigenvalue weighted by atomic mass is 35.5. The lowest BCUT2D eigenvalue weighted by Gasteiger charge is -2.34. The monoisotopic (exact) mass is 582 g/mol. The fraction of sp³-hybridized carbons (Fsp3) is 0.467. The number of H-pyrrole nitrogens is 1. The van der Waals surface area contributed by atoms with E-state index >= 15 is 8.78 Å². The second-order valence-electron chi connectivity index (χ2n) is 12.0. The predicted molar refractivity (Wildman–Crippen MR) is 152 cm³/mol. The van der Waals surface area contributed by atoms with E-state index in [-0.39, 0.29) is 44.0 Å². The SMILES string of the molecule is Fc1cc2c(N3CC4CCC(C3)N4)nc(OCC34CCCN3CCC4)nc2c(F)c1-c1c[nH]c2ccc(F)c(Cl)c12. The van der Waals surface area contributed by atoms with Crippen LogP contribution in [0.15, 0.2) is 24.4 Å². The van der Waals surface area contributed by atoms with E-state index in [1.807, 2.05) is 0 Å². The first-order valence-electron chi connectivity index (χ1n) is 14.4. The molecular formula is C30H30ClF3N6O. The first-order chi connectivity index (χ1) is 19.9. The molecule has 4 aliphatic heterocycles. The molecule has 4 aliphatic rings. The molecule has 0 amide bonds. The molecule has 0 saturated carbocycles. The lowest BCUT2D eigenvalue weighted by Crippen LogP contribution is -2.51. The molecule has 2 bridgehead atoms. The maximum absolute atomic E-state index is 16.5. The van der Waals surface area contributed by atoms with Crippen LogP contribution in [0.1, 0.15) is 38.5 Å². The van der Waals surface area contributed by atoms with Crippen molar-refractivity contribution < 1.29 is 17.9 Å². The molecule has 4 aromatic rings. The molecule has 2 aromatic carbocycles. The first-order valence-corrected chi connectivity index (χ1v) is 14.8. The molecule has 7 nitrogen and oxygen atoms in total. The van der Waals surface area contributed by atoms with Crippen LogP contribution in [-0.2, 0) is 0 Å². The van der Waals surface area contributed by atoms with E-state index in [4.69, 9.17) is 21.3 Å². The zero-order valence-corrected chi connectivity index (χ0v) is 23.2. The van der Waals surface area contributed by atoms with Gasteiger partial charge < -0.3 is 19.9 Å². The molecule has 0 spiro atoms. The van der Waals surface area contributed by atoms with Crippen LogP contribution in [0.5, 0.6) is 6.01 Å². The van der Waals surface area contributed by atoms with E-state index in [0.29, 0.717) is 43.1 Å². The molecule has 8 rings (SSSR count). The Kier molecular flexibility index (Phi) is 5.92. The number of piperazine rings is 1. The second-order valence-corrected chi connectivity index (χ2v) is 12.4. The Labute approximate surface area is 240 Å². The summed E-state index contributed by atoms with van der Waals surface area (Å²) >= 11 is 6.28. The molecule has 11 heteroatoms. The quantitative estimate of drug-likeness (QED) is 0.310. The Morgan fingerprint density at radius 1 is 1.02 bits per heavy atom. The van der Waals surface area contributed by atoms with Gasteiger partial charge in [0.2, 0.25) is 0 Å². The molecule has 4 saturated heterocycles. The van der Waals surface area contributed by atoms with E-state index in [0.717, 1.165) is 51.6 Å². The minimum atomic E-state index is -0.852. The Morgan fingerprint density at radius 3 is 2.54 bits per heavy atom. The van der Waals surface area contributed by atoms with Crippen LogP contribution >= 0.6 is 11.6 Å². The number of benzene rings is 2. The third-order valence-corrected chi connectivity index (χ3v) is 10.0. The number of nitrogens with one attached hydrogen (secondary N) is 2. The summed E-state index contributed by atoms with van der Waals surface area (Å²) in [5.41, 5.74) is 0.232. The van der Waals surface area contributed by atoms with Crippen molar-refractivity contribution in [2.24, 2.45) is 0 Å². The molecule has 41 heavy (non-hydrogen) atoms. The molecule has 0 radical (unpaired) electrons. The summed E-state index contributed by atoms with van der Waals surface area (Å²) in [5.74, 6) is -1.83. The van der Waals surface area contributed by atoms with Gasteiger partial charge in [-0.25, -0.2) is 13.2 Å². The van der Waals surface area contributed by atoms with Crippen LogP contribution in [-0.4, -0.2) is 70.3 Å². The lowest BCUT2D eigenvalue weighted by atomic mass is 9.95. The van der Waals surface area contributed by atoms with Crippen LogP contribution in [0.2, 0.25) is 5.02 Å². The number of hydrogen-bond donors (Lipinski definition) is 2. The number of aromatic amines is 1. The van der Waals surface area contributed by atoms with Crippen LogP contribution in [0.3, 0.4) is 0 Å². The van der Waals surface area contributed by atoms with E-state index in [1.165, 1.54) is 24.4 Å². The molecule has 6 heterocycles. The van der Waals surface area contributed by atoms with Gasteiger partial charge in [0.25, 0.3) is 0 Å². The summed E-state index contributed by atoms with van der Waals surface area (Å²) in [7, 11) is 0.